The number of carbonyl (C=O) groups excluding carboxylic acids is 1. The van der Waals surface area contributed by atoms with Crippen LogP contribution in [0.25, 0.3) is 0 Å². The van der Waals surface area contributed by atoms with Crippen molar-refractivity contribution in [2.75, 3.05) is 13.2 Å². The van der Waals surface area contributed by atoms with Gasteiger partial charge in [0.25, 0.3) is 0 Å². The molecule has 2 amide bonds. The van der Waals surface area contributed by atoms with Crippen molar-refractivity contribution in [3.05, 3.63) is 47.3 Å². The molecule has 6 heteroatoms. The molecule has 0 aliphatic carbocycles. The van der Waals surface area contributed by atoms with Gasteiger partial charge >= 0.3 is 6.03 Å². The zero-order valence-corrected chi connectivity index (χ0v) is 13.4. The second-order valence-corrected chi connectivity index (χ2v) is 5.81. The van der Waals surface area contributed by atoms with Crippen molar-refractivity contribution < 1.29 is 14.1 Å². The lowest BCUT2D eigenvalue weighted by molar-refractivity contribution is 0.156. The molecule has 2 aromatic rings. The third-order valence-corrected chi connectivity index (χ3v) is 3.91. The largest absolute Gasteiger partial charge is 0.491 e. The molecule has 1 aliphatic rings. The van der Waals surface area contributed by atoms with E-state index >= 15 is 0 Å². The number of para-hydroxylation sites is 1. The normalized spacial score (nSPS) is 17.1. The number of nitrogens with zero attached hydrogens (tertiary/aromatic N) is 2. The lowest BCUT2D eigenvalue weighted by Crippen LogP contribution is -2.46. The van der Waals surface area contributed by atoms with Crippen molar-refractivity contribution in [3.63, 3.8) is 0 Å². The van der Waals surface area contributed by atoms with Crippen LogP contribution in [0, 0.1) is 6.92 Å². The molecule has 122 valence electrons. The summed E-state index contributed by atoms with van der Waals surface area (Å²) in [4.78, 5) is 14.3. The van der Waals surface area contributed by atoms with Gasteiger partial charge in [0.2, 0.25) is 0 Å². The minimum atomic E-state index is -0.0889. The lowest BCUT2D eigenvalue weighted by Gasteiger charge is -2.26. The van der Waals surface area contributed by atoms with Crippen LogP contribution < -0.4 is 10.1 Å². The molecule has 2 heterocycles. The Morgan fingerprint density at radius 2 is 2.26 bits per heavy atom. The topological polar surface area (TPSA) is 67.6 Å². The van der Waals surface area contributed by atoms with Gasteiger partial charge in [-0.1, -0.05) is 23.4 Å². The molecule has 0 fully saturated rings. The number of nitrogens with one attached hydrogen (secondary N) is 1. The van der Waals surface area contributed by atoms with E-state index < -0.39 is 0 Å². The van der Waals surface area contributed by atoms with Gasteiger partial charge < -0.3 is 19.5 Å². The van der Waals surface area contributed by atoms with Crippen LogP contribution in [0.1, 0.15) is 23.9 Å². The first-order valence-corrected chi connectivity index (χ1v) is 7.81. The average molecular weight is 315 g/mol. The second kappa shape index (κ2) is 6.73. The summed E-state index contributed by atoms with van der Waals surface area (Å²) >= 11 is 0. The molecule has 1 aromatic heterocycles. The van der Waals surface area contributed by atoms with E-state index in [0.717, 1.165) is 22.8 Å². The number of amides is 2. The van der Waals surface area contributed by atoms with Crippen molar-refractivity contribution in [1.82, 2.24) is 15.4 Å². The first kappa shape index (κ1) is 15.4. The van der Waals surface area contributed by atoms with Crippen molar-refractivity contribution in [2.24, 2.45) is 0 Å². The number of rotatable bonds is 3. The Kier molecular flexibility index (Phi) is 4.50. The minimum absolute atomic E-state index is 0.00919. The molecule has 23 heavy (non-hydrogen) atoms. The number of urea groups is 1. The van der Waals surface area contributed by atoms with Crippen LogP contribution in [0.4, 0.5) is 4.79 Å². The molecule has 1 unspecified atom stereocenters. The Labute approximate surface area is 135 Å². The maximum Gasteiger partial charge on any atom is 0.318 e. The van der Waals surface area contributed by atoms with Gasteiger partial charge in [0.15, 0.2) is 0 Å². The van der Waals surface area contributed by atoms with Crippen molar-refractivity contribution in [1.29, 1.82) is 0 Å². The van der Waals surface area contributed by atoms with Crippen LogP contribution in [0.15, 0.2) is 34.9 Å². The molecular weight excluding hydrogens is 294 g/mol. The molecule has 1 aromatic carbocycles. The SMILES string of the molecule is Cc1cc(CCNC(=O)N2Cc3ccccc3OCC2C)on1. The molecule has 0 saturated carbocycles. The van der Waals surface area contributed by atoms with Gasteiger partial charge in [-0.2, -0.15) is 0 Å². The van der Waals surface area contributed by atoms with Crippen molar-refractivity contribution in [3.8, 4) is 5.75 Å². The Hall–Kier alpha value is -2.50. The summed E-state index contributed by atoms with van der Waals surface area (Å²) in [5.74, 6) is 1.63. The van der Waals surface area contributed by atoms with Gasteiger partial charge in [-0.25, -0.2) is 4.79 Å². The lowest BCUT2D eigenvalue weighted by atomic mass is 10.2. The zero-order valence-electron chi connectivity index (χ0n) is 13.4. The van der Waals surface area contributed by atoms with Gasteiger partial charge in [-0.05, 0) is 19.9 Å². The number of hydrogen-bond acceptors (Lipinski definition) is 4. The number of fused-ring (bicyclic) bond motifs is 1. The quantitative estimate of drug-likeness (QED) is 0.945. The maximum absolute atomic E-state index is 12.5. The molecule has 0 spiro atoms. The molecule has 3 rings (SSSR count). The van der Waals surface area contributed by atoms with Crippen LogP contribution in [0.5, 0.6) is 5.75 Å². The van der Waals surface area contributed by atoms with E-state index in [2.05, 4.69) is 10.5 Å². The predicted octanol–water partition coefficient (Wildman–Crippen LogP) is 2.52. The van der Waals surface area contributed by atoms with E-state index in [9.17, 15) is 4.79 Å². The van der Waals surface area contributed by atoms with E-state index in [-0.39, 0.29) is 12.1 Å². The highest BCUT2D eigenvalue weighted by Crippen LogP contribution is 2.24. The van der Waals surface area contributed by atoms with Gasteiger partial charge in [-0.3, -0.25) is 0 Å². The summed E-state index contributed by atoms with van der Waals surface area (Å²) in [5, 5.41) is 6.78. The van der Waals surface area contributed by atoms with Crippen molar-refractivity contribution >= 4 is 6.03 Å². The first-order valence-electron chi connectivity index (χ1n) is 7.81. The molecule has 6 nitrogen and oxygen atoms in total. The standard InChI is InChI=1S/C17H21N3O3/c1-12-9-15(23-19-12)7-8-18-17(21)20-10-14-5-3-4-6-16(14)22-11-13(20)2/h3-6,9,13H,7-8,10-11H2,1-2H3,(H,18,21). The van der Waals surface area contributed by atoms with E-state index in [1.807, 2.05) is 44.2 Å². The Balaban J connectivity index is 1.59. The number of aromatic nitrogens is 1. The summed E-state index contributed by atoms with van der Waals surface area (Å²) in [6.45, 7) is 5.42. The summed E-state index contributed by atoms with van der Waals surface area (Å²) < 4.78 is 10.9. The van der Waals surface area contributed by atoms with Gasteiger partial charge in [-0.15, -0.1) is 0 Å². The summed E-state index contributed by atoms with van der Waals surface area (Å²) in [5.41, 5.74) is 1.87. The van der Waals surface area contributed by atoms with Crippen LogP contribution in [0.2, 0.25) is 0 Å². The molecule has 1 atom stereocenters. The summed E-state index contributed by atoms with van der Waals surface area (Å²) in [6, 6.07) is 9.63. The fourth-order valence-electron chi connectivity index (χ4n) is 2.62. The number of ether oxygens (including phenoxy) is 1. The van der Waals surface area contributed by atoms with E-state index in [0.29, 0.717) is 26.1 Å². The molecule has 0 saturated heterocycles. The van der Waals surface area contributed by atoms with Crippen molar-refractivity contribution in [2.45, 2.75) is 32.9 Å². The van der Waals surface area contributed by atoms with Gasteiger partial charge in [0.1, 0.15) is 18.1 Å². The molecule has 1 aliphatic heterocycles. The Morgan fingerprint density at radius 1 is 1.43 bits per heavy atom. The molecule has 1 N–H and O–H groups in total. The predicted molar refractivity (Wildman–Crippen MR) is 85.3 cm³/mol. The molecular formula is C17H21N3O3. The Bertz CT molecular complexity index is 683. The summed E-state index contributed by atoms with van der Waals surface area (Å²) in [7, 11) is 0. The number of benzene rings is 1. The van der Waals surface area contributed by atoms with E-state index in [4.69, 9.17) is 9.26 Å². The third kappa shape index (κ3) is 3.64. The fourth-order valence-corrected chi connectivity index (χ4v) is 2.62. The maximum atomic E-state index is 12.5. The Morgan fingerprint density at radius 3 is 3.04 bits per heavy atom. The first-order chi connectivity index (χ1) is 11.1. The molecule has 0 bridgehead atoms. The van der Waals surface area contributed by atoms with Gasteiger partial charge in [0.05, 0.1) is 18.3 Å². The fraction of sp³-hybridized carbons (Fsp3) is 0.412. The zero-order chi connectivity index (χ0) is 16.2. The molecule has 0 radical (unpaired) electrons. The monoisotopic (exact) mass is 315 g/mol. The smallest absolute Gasteiger partial charge is 0.318 e. The number of aryl methyl sites for hydroxylation is 1. The third-order valence-electron chi connectivity index (χ3n) is 3.91. The van der Waals surface area contributed by atoms with Crippen LogP contribution in [0.3, 0.4) is 0 Å². The highest BCUT2D eigenvalue weighted by atomic mass is 16.5. The average Bonchev–Trinajstić information content (AvgIpc) is 2.88. The van der Waals surface area contributed by atoms with Crippen LogP contribution in [-0.4, -0.2) is 35.3 Å². The number of hydrogen-bond donors (Lipinski definition) is 1. The second-order valence-electron chi connectivity index (χ2n) is 5.81. The van der Waals surface area contributed by atoms with E-state index in [1.54, 1.807) is 4.90 Å². The van der Waals surface area contributed by atoms with Crippen LogP contribution in [-0.2, 0) is 13.0 Å². The summed E-state index contributed by atoms with van der Waals surface area (Å²) in [6.07, 6.45) is 0.627. The highest BCUT2D eigenvalue weighted by Gasteiger charge is 2.25. The minimum Gasteiger partial charge on any atom is -0.491 e. The highest BCUT2D eigenvalue weighted by molar-refractivity contribution is 5.74. The van der Waals surface area contributed by atoms with E-state index in [1.165, 1.54) is 0 Å². The van der Waals surface area contributed by atoms with Crippen LogP contribution >= 0.6 is 0 Å². The number of carbonyl (C=O) groups is 1. The van der Waals surface area contributed by atoms with Gasteiger partial charge in [0, 0.05) is 24.6 Å².